The Morgan fingerprint density at radius 2 is 1.66 bits per heavy atom. The Morgan fingerprint density at radius 3 is 2.41 bits per heavy atom. The number of aromatic nitrogens is 2. The lowest BCUT2D eigenvalue weighted by molar-refractivity contribution is 0.510. The van der Waals surface area contributed by atoms with Crippen LogP contribution in [0.4, 0.5) is 14.6 Å². The van der Waals surface area contributed by atoms with E-state index in [0.717, 1.165) is 43.4 Å². The Morgan fingerprint density at radius 1 is 0.931 bits per heavy atom. The normalized spacial score (nSPS) is 11.4. The highest BCUT2D eigenvalue weighted by Gasteiger charge is 2.11. The molecule has 1 aromatic heterocycles. The molecule has 3 N–H and O–H groups in total. The van der Waals surface area contributed by atoms with Crippen molar-refractivity contribution in [1.29, 1.82) is 0 Å². The third-order valence-corrected chi connectivity index (χ3v) is 4.73. The molecule has 2 aromatic carbocycles. The van der Waals surface area contributed by atoms with Gasteiger partial charge >= 0.3 is 0 Å². The number of hydrogen-bond acceptors (Lipinski definition) is 4. The van der Waals surface area contributed by atoms with Gasteiger partial charge in [0.05, 0.1) is 5.52 Å². The van der Waals surface area contributed by atoms with Gasteiger partial charge in [0.15, 0.2) is 17.5 Å². The predicted octanol–water partition coefficient (Wildman–Crippen LogP) is 5.66. The Labute approximate surface area is 173 Å². The van der Waals surface area contributed by atoms with Gasteiger partial charge < -0.3 is 11.1 Å². The van der Waals surface area contributed by atoms with Gasteiger partial charge in [-0.25, -0.2) is 18.7 Å². The number of benzene rings is 2. The first-order valence-corrected chi connectivity index (χ1v) is 9.99. The van der Waals surface area contributed by atoms with Crippen molar-refractivity contribution in [3.63, 3.8) is 0 Å². The fraction of sp³-hybridized carbons (Fsp3) is 0.273. The van der Waals surface area contributed by atoms with Crippen LogP contribution in [0.1, 0.15) is 37.1 Å². The lowest BCUT2D eigenvalue weighted by Crippen LogP contribution is -2.07. The SMILES string of the molecule is NCCCCCCNc1nc(C=Cc2ccc(Cl)cc2)nc2cc(F)c(F)cc12. The van der Waals surface area contributed by atoms with E-state index in [4.69, 9.17) is 17.3 Å². The predicted molar refractivity (Wildman–Crippen MR) is 116 cm³/mol. The summed E-state index contributed by atoms with van der Waals surface area (Å²) in [6.07, 6.45) is 7.62. The molecule has 0 unspecified atom stereocenters. The van der Waals surface area contributed by atoms with Crippen molar-refractivity contribution in [1.82, 2.24) is 9.97 Å². The average Bonchev–Trinajstić information content (AvgIpc) is 2.71. The zero-order valence-corrected chi connectivity index (χ0v) is 16.7. The van der Waals surface area contributed by atoms with Crippen LogP contribution in [0.15, 0.2) is 36.4 Å². The summed E-state index contributed by atoms with van der Waals surface area (Å²) in [6, 6.07) is 9.55. The maximum absolute atomic E-state index is 13.8. The summed E-state index contributed by atoms with van der Waals surface area (Å²) in [5.41, 5.74) is 6.78. The van der Waals surface area contributed by atoms with Crippen molar-refractivity contribution >= 4 is 40.5 Å². The quantitative estimate of drug-likeness (QED) is 0.441. The molecule has 0 aliphatic carbocycles. The Kier molecular flexibility index (Phi) is 7.49. The van der Waals surface area contributed by atoms with Crippen LogP contribution >= 0.6 is 11.6 Å². The highest BCUT2D eigenvalue weighted by Crippen LogP contribution is 2.24. The molecule has 4 nitrogen and oxygen atoms in total. The Hall–Kier alpha value is -2.57. The van der Waals surface area contributed by atoms with E-state index in [-0.39, 0.29) is 0 Å². The van der Waals surface area contributed by atoms with E-state index in [2.05, 4.69) is 15.3 Å². The largest absolute Gasteiger partial charge is 0.369 e. The summed E-state index contributed by atoms with van der Waals surface area (Å²) in [4.78, 5) is 8.85. The van der Waals surface area contributed by atoms with E-state index in [0.29, 0.717) is 40.7 Å². The second-order valence-electron chi connectivity index (χ2n) is 6.73. The summed E-state index contributed by atoms with van der Waals surface area (Å²) in [5.74, 6) is -0.958. The van der Waals surface area contributed by atoms with Crippen LogP contribution in [0.2, 0.25) is 5.02 Å². The highest BCUT2D eigenvalue weighted by molar-refractivity contribution is 6.30. The highest BCUT2D eigenvalue weighted by atomic mass is 35.5. The van der Waals surface area contributed by atoms with Gasteiger partial charge in [-0.05, 0) is 49.2 Å². The number of fused-ring (bicyclic) bond motifs is 1. The molecule has 7 heteroatoms. The lowest BCUT2D eigenvalue weighted by atomic mass is 10.2. The van der Waals surface area contributed by atoms with Crippen molar-refractivity contribution < 1.29 is 8.78 Å². The third-order valence-electron chi connectivity index (χ3n) is 4.47. The average molecular weight is 417 g/mol. The van der Waals surface area contributed by atoms with Crippen molar-refractivity contribution in [2.24, 2.45) is 5.73 Å². The monoisotopic (exact) mass is 416 g/mol. The van der Waals surface area contributed by atoms with Crippen LogP contribution in [0.3, 0.4) is 0 Å². The smallest absolute Gasteiger partial charge is 0.161 e. The minimum atomic E-state index is -0.934. The maximum atomic E-state index is 13.8. The van der Waals surface area contributed by atoms with Gasteiger partial charge in [-0.1, -0.05) is 42.7 Å². The molecule has 0 atom stereocenters. The summed E-state index contributed by atoms with van der Waals surface area (Å²) in [5, 5.41) is 4.34. The van der Waals surface area contributed by atoms with Crippen molar-refractivity contribution in [3.05, 3.63) is 64.4 Å². The molecule has 0 fully saturated rings. The molecule has 0 spiro atoms. The number of unbranched alkanes of at least 4 members (excludes halogenated alkanes) is 3. The Bertz CT molecular complexity index is 990. The minimum Gasteiger partial charge on any atom is -0.369 e. The van der Waals surface area contributed by atoms with Gasteiger partial charge in [0.1, 0.15) is 5.82 Å². The van der Waals surface area contributed by atoms with Gasteiger partial charge in [0.2, 0.25) is 0 Å². The Balaban J connectivity index is 1.84. The molecule has 29 heavy (non-hydrogen) atoms. The summed E-state index contributed by atoms with van der Waals surface area (Å²) < 4.78 is 27.5. The number of rotatable bonds is 9. The van der Waals surface area contributed by atoms with E-state index in [9.17, 15) is 8.78 Å². The molecule has 0 saturated carbocycles. The zero-order chi connectivity index (χ0) is 20.6. The maximum Gasteiger partial charge on any atom is 0.161 e. The number of anilines is 1. The van der Waals surface area contributed by atoms with Crippen LogP contribution in [0.5, 0.6) is 0 Å². The van der Waals surface area contributed by atoms with E-state index in [1.807, 2.05) is 18.2 Å². The van der Waals surface area contributed by atoms with Gasteiger partial charge in [-0.3, -0.25) is 0 Å². The molecule has 152 valence electrons. The first kappa shape index (κ1) is 21.1. The fourth-order valence-electron chi connectivity index (χ4n) is 2.93. The molecule has 3 aromatic rings. The molecule has 0 radical (unpaired) electrons. The number of halogens is 3. The van der Waals surface area contributed by atoms with E-state index < -0.39 is 11.6 Å². The second-order valence-corrected chi connectivity index (χ2v) is 7.16. The molecule has 0 saturated heterocycles. The van der Waals surface area contributed by atoms with Gasteiger partial charge in [0, 0.05) is 23.0 Å². The zero-order valence-electron chi connectivity index (χ0n) is 16.0. The van der Waals surface area contributed by atoms with Crippen molar-refractivity contribution in [2.45, 2.75) is 25.7 Å². The molecule has 3 rings (SSSR count). The minimum absolute atomic E-state index is 0.347. The van der Waals surface area contributed by atoms with Crippen molar-refractivity contribution in [2.75, 3.05) is 18.4 Å². The topological polar surface area (TPSA) is 63.8 Å². The second kappa shape index (κ2) is 10.3. The van der Waals surface area contributed by atoms with E-state index >= 15 is 0 Å². The van der Waals surface area contributed by atoms with Crippen LogP contribution < -0.4 is 11.1 Å². The molecule has 1 heterocycles. The van der Waals surface area contributed by atoms with E-state index in [1.165, 1.54) is 0 Å². The third kappa shape index (κ3) is 5.95. The molecule has 0 aliphatic heterocycles. The standard InChI is InChI=1S/C22H23ClF2N4/c23-16-8-5-15(6-9-16)7-10-21-28-20-14-19(25)18(24)13-17(20)22(29-21)27-12-4-2-1-3-11-26/h5-10,13-14H,1-4,11-12,26H2,(H,27,28,29). The summed E-state index contributed by atoms with van der Waals surface area (Å²) in [6.45, 7) is 1.37. The van der Waals surface area contributed by atoms with Crippen molar-refractivity contribution in [3.8, 4) is 0 Å². The summed E-state index contributed by atoms with van der Waals surface area (Å²) >= 11 is 5.90. The molecular formula is C22H23ClF2N4. The first-order chi connectivity index (χ1) is 14.1. The molecule has 0 bridgehead atoms. The number of nitrogens with zero attached hydrogens (tertiary/aromatic N) is 2. The van der Waals surface area contributed by atoms with Crippen LogP contribution in [0, 0.1) is 11.6 Å². The number of hydrogen-bond donors (Lipinski definition) is 2. The van der Waals surface area contributed by atoms with Gasteiger partial charge in [-0.2, -0.15) is 0 Å². The first-order valence-electron chi connectivity index (χ1n) is 9.61. The fourth-order valence-corrected chi connectivity index (χ4v) is 3.05. The van der Waals surface area contributed by atoms with Crippen LogP contribution in [-0.4, -0.2) is 23.1 Å². The van der Waals surface area contributed by atoms with E-state index in [1.54, 1.807) is 18.2 Å². The van der Waals surface area contributed by atoms with Gasteiger partial charge in [-0.15, -0.1) is 0 Å². The molecular weight excluding hydrogens is 394 g/mol. The van der Waals surface area contributed by atoms with Gasteiger partial charge in [0.25, 0.3) is 0 Å². The lowest BCUT2D eigenvalue weighted by Gasteiger charge is -2.10. The molecule has 0 amide bonds. The van der Waals surface area contributed by atoms with Crippen LogP contribution in [0.25, 0.3) is 23.1 Å². The number of nitrogens with two attached hydrogens (primary N) is 1. The number of nitrogens with one attached hydrogen (secondary N) is 1. The van der Waals surface area contributed by atoms with Crippen LogP contribution in [-0.2, 0) is 0 Å². The summed E-state index contributed by atoms with van der Waals surface area (Å²) in [7, 11) is 0. The molecule has 0 aliphatic rings.